The number of fused-ring (bicyclic) bond motifs is 5. The zero-order chi connectivity index (χ0) is 60.2. The Morgan fingerprint density at radius 2 is 0.434 bits per heavy atom. The second-order valence-electron chi connectivity index (χ2n) is 20.8. The third-order valence-electron chi connectivity index (χ3n) is 15.4. The average molecular weight is 1220 g/mol. The fourth-order valence-electron chi connectivity index (χ4n) is 10.8. The van der Waals surface area contributed by atoms with E-state index in [0.717, 1.165) is 0 Å². The van der Waals surface area contributed by atoms with E-state index in [1.807, 2.05) is 0 Å². The molecule has 0 unspecified atom stereocenters. The summed E-state index contributed by atoms with van der Waals surface area (Å²) >= 11 is 0. The molecule has 14 rings (SSSR count). The highest BCUT2D eigenvalue weighted by Crippen LogP contribution is 2.39. The minimum Gasteiger partial charge on any atom is -0.456 e. The number of carbonyl (C=O) groups excluding carboxylic acids is 3. The lowest BCUT2D eigenvalue weighted by Gasteiger charge is -2.49. The molecule has 14 bridgehead atoms. The van der Waals surface area contributed by atoms with Crippen LogP contribution in [0.5, 0.6) is 0 Å². The summed E-state index contributed by atoms with van der Waals surface area (Å²) < 4.78 is 89.9. The van der Waals surface area contributed by atoms with Gasteiger partial charge in [-0.15, -0.1) is 0 Å². The Morgan fingerprint density at radius 3 is 0.639 bits per heavy atom. The van der Waals surface area contributed by atoms with Crippen molar-refractivity contribution < 1.29 is 187 Å². The van der Waals surface area contributed by atoms with Crippen molar-refractivity contribution in [1.82, 2.24) is 0 Å². The maximum absolute atomic E-state index is 14.1. The van der Waals surface area contributed by atoms with Crippen molar-refractivity contribution in [2.24, 2.45) is 0 Å². The first-order valence-electron chi connectivity index (χ1n) is 26.1. The van der Waals surface area contributed by atoms with Gasteiger partial charge in [-0.2, -0.15) is 0 Å². The van der Waals surface area contributed by atoms with Crippen LogP contribution < -0.4 is 0 Å². The Kier molecular flexibility index (Phi) is 21.0. The van der Waals surface area contributed by atoms with Crippen LogP contribution in [-0.4, -0.2) is 376 Å². The van der Waals surface area contributed by atoms with Crippen LogP contribution in [-0.2, 0) is 90.2 Å². The number of Topliss-reactive ketones (excluding diaryl/α,β-unsaturated/α-hetero) is 1. The molecule has 14 saturated heterocycles. The number of hydrogen-bond donors (Lipinski definition) is 19. The van der Waals surface area contributed by atoms with Gasteiger partial charge in [-0.1, -0.05) is 0 Å². The lowest BCUT2D eigenvalue weighted by atomic mass is 9.95. The van der Waals surface area contributed by atoms with E-state index >= 15 is 0 Å². The fourth-order valence-corrected chi connectivity index (χ4v) is 10.8. The maximum Gasteiger partial charge on any atom is 0.338 e. The SMILES string of the molecule is O=C1COC(=O)[C@H]2O[C@@H]3O[C@H]4[C@H](O)[C@H](O)[C@@H](O[C@H]5[C@@H](O)[C@@H](O)[C@@H](O[C@H]6[C@H](O)[C@@H](O)[C@@H](O[C@H]7[C@H](O)[C@@H](O)[C@@H](O[C@H]8[C@H](O)[C@@H](O)[C@@H](O[C@H]9[C@H](O)[C@@H](O)[C@@H](O[C@H]2[C@H](O)[C@H]3O)O[C@@H]9CO)O[C@@H]8CO)O[C@@H]7C(=O)OC1)O[C@@H]6CO)O[C@@H]5CO)O[C@@H]4CO. The normalized spacial score (nSPS) is 53.3. The molecule has 0 spiro atoms. The van der Waals surface area contributed by atoms with Crippen LogP contribution in [0.3, 0.4) is 0 Å². The quantitative estimate of drug-likeness (QED) is 0.114. The molecular formula is C45H68O38. The van der Waals surface area contributed by atoms with Gasteiger partial charge in [-0.25, -0.2) is 9.59 Å². The summed E-state index contributed by atoms with van der Waals surface area (Å²) in [5.74, 6) is -4.73. The Bertz CT molecular complexity index is 2160. The minimum absolute atomic E-state index is 1.10. The van der Waals surface area contributed by atoms with E-state index in [1.54, 1.807) is 0 Å². The highest BCUT2D eigenvalue weighted by molar-refractivity contribution is 5.87. The molecule has 14 heterocycles. The molecule has 476 valence electrons. The minimum atomic E-state index is -2.49. The van der Waals surface area contributed by atoms with Gasteiger partial charge in [0.05, 0.1) is 33.0 Å². The summed E-state index contributed by atoms with van der Waals surface area (Å²) in [5, 5.41) is 213. The second-order valence-corrected chi connectivity index (χ2v) is 20.8. The molecule has 14 aliphatic rings. The average Bonchev–Trinajstić information content (AvgIpc) is 3.59. The number of ether oxygens (including phenoxy) is 16. The van der Waals surface area contributed by atoms with Gasteiger partial charge >= 0.3 is 11.9 Å². The van der Waals surface area contributed by atoms with Crippen molar-refractivity contribution in [2.75, 3.05) is 46.2 Å². The zero-order valence-electron chi connectivity index (χ0n) is 42.9. The van der Waals surface area contributed by atoms with E-state index in [4.69, 9.17) is 75.8 Å². The molecule has 38 nitrogen and oxygen atoms in total. The van der Waals surface area contributed by atoms with Crippen LogP contribution in [0.2, 0.25) is 0 Å². The molecule has 14 aliphatic heterocycles. The molecule has 0 saturated carbocycles. The van der Waals surface area contributed by atoms with Crippen LogP contribution in [0.4, 0.5) is 0 Å². The largest absolute Gasteiger partial charge is 0.456 e. The maximum atomic E-state index is 14.1. The number of carbonyl (C=O) groups is 3. The molecule has 38 heteroatoms. The Balaban J connectivity index is 1.11. The number of aliphatic hydroxyl groups is 19. The van der Waals surface area contributed by atoms with E-state index in [-0.39, 0.29) is 0 Å². The second kappa shape index (κ2) is 26.9. The molecular weight excluding hydrogens is 1150 g/mol. The van der Waals surface area contributed by atoms with Gasteiger partial charge < -0.3 is 173 Å². The van der Waals surface area contributed by atoms with Gasteiger partial charge in [0.1, 0.15) is 159 Å². The van der Waals surface area contributed by atoms with Gasteiger partial charge in [0.2, 0.25) is 5.78 Å². The van der Waals surface area contributed by atoms with Crippen molar-refractivity contribution >= 4 is 17.7 Å². The number of esters is 2. The Hall–Kier alpha value is -2.71. The monoisotopic (exact) mass is 1220 g/mol. The van der Waals surface area contributed by atoms with E-state index < -0.39 is 279 Å². The summed E-state index contributed by atoms with van der Waals surface area (Å²) in [6.07, 6.45) is -77.7. The summed E-state index contributed by atoms with van der Waals surface area (Å²) in [5.41, 5.74) is 0. The van der Waals surface area contributed by atoms with Gasteiger partial charge in [0.15, 0.2) is 69.5 Å². The summed E-state index contributed by atoms with van der Waals surface area (Å²) in [6.45, 7) is -8.45. The van der Waals surface area contributed by atoms with E-state index in [1.165, 1.54) is 0 Å². The molecule has 0 aliphatic carbocycles. The van der Waals surface area contributed by atoms with Crippen molar-refractivity contribution in [3.05, 3.63) is 0 Å². The van der Waals surface area contributed by atoms with Crippen molar-refractivity contribution in [3.8, 4) is 0 Å². The van der Waals surface area contributed by atoms with Crippen LogP contribution >= 0.6 is 0 Å². The first-order valence-corrected chi connectivity index (χ1v) is 26.1. The third-order valence-corrected chi connectivity index (χ3v) is 15.4. The molecule has 14 fully saturated rings. The Labute approximate surface area is 465 Å². The predicted octanol–water partition coefficient (Wildman–Crippen LogP) is -15.5. The fraction of sp³-hybridized carbons (Fsp3) is 0.933. The summed E-state index contributed by atoms with van der Waals surface area (Å²) in [6, 6.07) is 0. The first kappa shape index (κ1) is 64.8. The van der Waals surface area contributed by atoms with Crippen LogP contribution in [0.25, 0.3) is 0 Å². The van der Waals surface area contributed by atoms with E-state index in [0.29, 0.717) is 0 Å². The number of rotatable bonds is 5. The van der Waals surface area contributed by atoms with Crippen LogP contribution in [0, 0.1) is 0 Å². The highest BCUT2D eigenvalue weighted by atomic mass is 16.8. The molecule has 19 N–H and O–H groups in total. The van der Waals surface area contributed by atoms with E-state index in [9.17, 15) is 111 Å². The molecule has 0 aromatic heterocycles. The zero-order valence-corrected chi connectivity index (χ0v) is 42.9. The predicted molar refractivity (Wildman–Crippen MR) is 241 cm³/mol. The smallest absolute Gasteiger partial charge is 0.338 e. The van der Waals surface area contributed by atoms with Crippen molar-refractivity contribution in [1.29, 1.82) is 0 Å². The van der Waals surface area contributed by atoms with Gasteiger partial charge in [0.25, 0.3) is 0 Å². The number of aliphatic hydroxyl groups excluding tert-OH is 19. The van der Waals surface area contributed by atoms with Gasteiger partial charge in [-0.05, 0) is 0 Å². The first-order chi connectivity index (χ1) is 39.5. The molecule has 35 atom stereocenters. The summed E-state index contributed by atoms with van der Waals surface area (Å²) in [7, 11) is 0. The van der Waals surface area contributed by atoms with Gasteiger partial charge in [-0.3, -0.25) is 4.79 Å². The van der Waals surface area contributed by atoms with E-state index in [2.05, 4.69) is 0 Å². The topological polar surface area (TPSA) is 583 Å². The molecule has 0 radical (unpaired) electrons. The summed E-state index contributed by atoms with van der Waals surface area (Å²) in [4.78, 5) is 41.5. The van der Waals surface area contributed by atoms with Gasteiger partial charge in [0, 0.05) is 0 Å². The van der Waals surface area contributed by atoms with Crippen LogP contribution in [0.1, 0.15) is 0 Å². The lowest BCUT2D eigenvalue weighted by Crippen LogP contribution is -2.68. The van der Waals surface area contributed by atoms with Crippen molar-refractivity contribution in [3.63, 3.8) is 0 Å². The third kappa shape index (κ3) is 12.7. The molecule has 0 amide bonds. The molecule has 0 aromatic rings. The van der Waals surface area contributed by atoms with Crippen LogP contribution in [0.15, 0.2) is 0 Å². The highest BCUT2D eigenvalue weighted by Gasteiger charge is 2.61. The lowest BCUT2D eigenvalue weighted by molar-refractivity contribution is -0.394. The van der Waals surface area contributed by atoms with Crippen molar-refractivity contribution in [2.45, 2.75) is 215 Å². The molecule has 83 heavy (non-hydrogen) atoms. The number of ketones is 1. The molecule has 0 aromatic carbocycles. The number of hydrogen-bond acceptors (Lipinski definition) is 38. The Morgan fingerprint density at radius 1 is 0.253 bits per heavy atom. The standard InChI is InChI=1S/C45H68O38/c46-1-9-28-14(52)21(59)39(70-9)76-29-10(2-47)73-42(24(62)17(29)55)80-33-20(58)27(65)45-79-32-13(5-50)72-41(23(61)16(32)54)77-30-11(3-48)74-43(25(63)18(30)56)81-34-19(57)26(64)44(78-31-12(4-49)71-40(75-28)22(60)15(31)53)82-36(34)38(67)69-7-8(51)6-68-37(66)35(33)83-45/h9-36,39-50,52-65H,1-7H2/t9-,10-,11-,12-,13-,14+,15-,16-,17-,18-,19-,20-,21-,22+,23-,24-,25-,26-,27-,28-,29-,30-,31-,32-,33+,34+,35+,36+,39-,40-,41-,42-,43-,44+,45+/m1/s1.